The summed E-state index contributed by atoms with van der Waals surface area (Å²) in [5.41, 5.74) is 3.00. The minimum Gasteiger partial charge on any atom is -0.300 e. The molecule has 96 valence electrons. The molecule has 2 rings (SSSR count). The molecule has 0 aliphatic carbocycles. The van der Waals surface area contributed by atoms with Crippen LogP contribution < -0.4 is 11.3 Å². The average molecular weight is 336 g/mol. The molecule has 0 saturated carbocycles. The lowest BCUT2D eigenvalue weighted by molar-refractivity contribution is 0.214. The van der Waals surface area contributed by atoms with E-state index in [4.69, 9.17) is 5.84 Å². The molecule has 1 aliphatic rings. The van der Waals surface area contributed by atoms with Gasteiger partial charge in [-0.15, -0.1) is 11.3 Å². The van der Waals surface area contributed by atoms with E-state index in [9.17, 15) is 0 Å². The Balaban J connectivity index is 2.03. The molecule has 1 aliphatic heterocycles. The third-order valence-electron chi connectivity index (χ3n) is 3.22. The van der Waals surface area contributed by atoms with E-state index in [-0.39, 0.29) is 0 Å². The summed E-state index contributed by atoms with van der Waals surface area (Å²) in [5, 5.41) is 2.12. The van der Waals surface area contributed by atoms with E-state index in [0.29, 0.717) is 12.1 Å². The monoisotopic (exact) mass is 335 g/mol. The van der Waals surface area contributed by atoms with Crippen LogP contribution in [0, 0.1) is 0 Å². The molecule has 2 unspecified atom stereocenters. The van der Waals surface area contributed by atoms with Crippen LogP contribution in [-0.2, 0) is 6.42 Å². The first-order chi connectivity index (χ1) is 8.22. The van der Waals surface area contributed by atoms with Crippen molar-refractivity contribution < 1.29 is 0 Å². The quantitative estimate of drug-likeness (QED) is 0.651. The second-order valence-electron chi connectivity index (χ2n) is 4.29. The van der Waals surface area contributed by atoms with Gasteiger partial charge in [0.2, 0.25) is 0 Å². The first-order valence-electron chi connectivity index (χ1n) is 5.68. The van der Waals surface area contributed by atoms with Crippen LogP contribution >= 0.6 is 39.0 Å². The Labute approximate surface area is 119 Å². The van der Waals surface area contributed by atoms with Gasteiger partial charge in [0, 0.05) is 45.9 Å². The van der Waals surface area contributed by atoms with E-state index in [1.165, 1.54) is 15.1 Å². The molecular weight excluding hydrogens is 318 g/mol. The van der Waals surface area contributed by atoms with Crippen molar-refractivity contribution in [2.24, 2.45) is 5.84 Å². The maximum atomic E-state index is 5.74. The Morgan fingerprint density at radius 2 is 2.53 bits per heavy atom. The Morgan fingerprint density at radius 3 is 3.12 bits per heavy atom. The second kappa shape index (κ2) is 6.54. The van der Waals surface area contributed by atoms with Crippen LogP contribution in [-0.4, -0.2) is 42.1 Å². The van der Waals surface area contributed by atoms with E-state index >= 15 is 0 Å². The largest absolute Gasteiger partial charge is 0.300 e. The Bertz CT molecular complexity index is 358. The lowest BCUT2D eigenvalue weighted by atomic mass is 10.0. The summed E-state index contributed by atoms with van der Waals surface area (Å²) in [5.74, 6) is 8.13. The van der Waals surface area contributed by atoms with Crippen LogP contribution in [0.1, 0.15) is 4.88 Å². The van der Waals surface area contributed by atoms with E-state index in [0.717, 1.165) is 18.7 Å². The second-order valence-corrected chi connectivity index (χ2v) is 7.30. The Kier molecular flexibility index (Phi) is 5.32. The Hall–Kier alpha value is 0.410. The lowest BCUT2D eigenvalue weighted by Gasteiger charge is -2.37. The van der Waals surface area contributed by atoms with E-state index in [1.807, 2.05) is 11.8 Å². The van der Waals surface area contributed by atoms with Gasteiger partial charge in [-0.1, -0.05) is 0 Å². The normalized spacial score (nSPS) is 23.8. The predicted molar refractivity (Wildman–Crippen MR) is 80.6 cm³/mol. The number of thiophene rings is 1. The molecule has 17 heavy (non-hydrogen) atoms. The number of thioether (sulfide) groups is 1. The fourth-order valence-electron chi connectivity index (χ4n) is 2.11. The molecule has 0 spiro atoms. The fraction of sp³-hybridized carbons (Fsp3) is 0.636. The highest BCUT2D eigenvalue weighted by atomic mass is 79.9. The molecule has 1 aromatic rings. The van der Waals surface area contributed by atoms with Crippen molar-refractivity contribution in [3.8, 4) is 0 Å². The highest BCUT2D eigenvalue weighted by Gasteiger charge is 2.28. The van der Waals surface area contributed by atoms with Crippen molar-refractivity contribution in [2.75, 3.05) is 25.1 Å². The topological polar surface area (TPSA) is 41.3 Å². The summed E-state index contributed by atoms with van der Waals surface area (Å²) in [7, 11) is 2.19. The average Bonchev–Trinajstić information content (AvgIpc) is 2.73. The smallest absolute Gasteiger partial charge is 0.0422 e. The van der Waals surface area contributed by atoms with Gasteiger partial charge in [0.1, 0.15) is 0 Å². The van der Waals surface area contributed by atoms with Gasteiger partial charge in [-0.05, 0) is 34.4 Å². The standard InChI is InChI=1S/C11H18BrN3S2/c1-15-3-5-16-7-10(15)9(14-13)6-11-8(12)2-4-17-11/h2,4,9-10,14H,3,5-7,13H2,1H3. The number of likely N-dealkylation sites (N-methyl/N-ethyl adjacent to an activating group) is 1. The summed E-state index contributed by atoms with van der Waals surface area (Å²) in [6.45, 7) is 1.15. The molecule has 3 N–H and O–H groups in total. The fourth-order valence-corrected chi connectivity index (χ4v) is 4.99. The van der Waals surface area contributed by atoms with E-state index < -0.39 is 0 Å². The zero-order chi connectivity index (χ0) is 12.3. The molecule has 1 aromatic heterocycles. The minimum absolute atomic E-state index is 0.322. The molecule has 0 bridgehead atoms. The van der Waals surface area contributed by atoms with Crippen LogP contribution in [0.25, 0.3) is 0 Å². The lowest BCUT2D eigenvalue weighted by Crippen LogP contribution is -2.55. The van der Waals surface area contributed by atoms with Crippen LogP contribution in [0.3, 0.4) is 0 Å². The molecule has 2 atom stereocenters. The molecule has 2 heterocycles. The summed E-state index contributed by atoms with van der Waals surface area (Å²) in [4.78, 5) is 3.79. The minimum atomic E-state index is 0.322. The van der Waals surface area contributed by atoms with Crippen LogP contribution in [0.2, 0.25) is 0 Å². The van der Waals surface area contributed by atoms with Crippen molar-refractivity contribution in [2.45, 2.75) is 18.5 Å². The van der Waals surface area contributed by atoms with Crippen molar-refractivity contribution in [3.05, 3.63) is 20.8 Å². The SMILES string of the molecule is CN1CCSCC1C(Cc1sccc1Br)NN. The zero-order valence-electron chi connectivity index (χ0n) is 9.86. The van der Waals surface area contributed by atoms with Gasteiger partial charge in [-0.3, -0.25) is 11.3 Å². The number of halogens is 1. The van der Waals surface area contributed by atoms with Crippen molar-refractivity contribution >= 4 is 39.0 Å². The van der Waals surface area contributed by atoms with Crippen molar-refractivity contribution in [1.82, 2.24) is 10.3 Å². The molecule has 0 amide bonds. The first-order valence-corrected chi connectivity index (χ1v) is 8.51. The molecule has 1 saturated heterocycles. The molecule has 6 heteroatoms. The number of nitrogens with two attached hydrogens (primary N) is 1. The molecular formula is C11H18BrN3S2. The predicted octanol–water partition coefficient (Wildman–Crippen LogP) is 1.93. The third-order valence-corrected chi connectivity index (χ3v) is 6.22. The van der Waals surface area contributed by atoms with Gasteiger partial charge in [0.25, 0.3) is 0 Å². The number of nitrogens with one attached hydrogen (secondary N) is 1. The van der Waals surface area contributed by atoms with Crippen LogP contribution in [0.4, 0.5) is 0 Å². The highest BCUT2D eigenvalue weighted by molar-refractivity contribution is 9.10. The van der Waals surface area contributed by atoms with Crippen LogP contribution in [0.5, 0.6) is 0 Å². The summed E-state index contributed by atoms with van der Waals surface area (Å²) in [6, 6.07) is 2.95. The number of nitrogens with zero attached hydrogens (tertiary/aromatic N) is 1. The van der Waals surface area contributed by atoms with E-state index in [2.05, 4.69) is 44.7 Å². The number of rotatable bonds is 4. The maximum Gasteiger partial charge on any atom is 0.0422 e. The van der Waals surface area contributed by atoms with E-state index in [1.54, 1.807) is 11.3 Å². The number of hydrogen-bond acceptors (Lipinski definition) is 5. The molecule has 0 aromatic carbocycles. The van der Waals surface area contributed by atoms with Crippen molar-refractivity contribution in [1.29, 1.82) is 0 Å². The summed E-state index contributed by atoms with van der Waals surface area (Å²) >= 11 is 7.40. The third kappa shape index (κ3) is 3.45. The highest BCUT2D eigenvalue weighted by Crippen LogP contribution is 2.26. The van der Waals surface area contributed by atoms with Gasteiger partial charge in [-0.2, -0.15) is 11.8 Å². The summed E-state index contributed by atoms with van der Waals surface area (Å²) in [6.07, 6.45) is 0.990. The maximum absolute atomic E-state index is 5.74. The first kappa shape index (κ1) is 13.8. The van der Waals surface area contributed by atoms with Crippen LogP contribution in [0.15, 0.2) is 15.9 Å². The molecule has 0 radical (unpaired) electrons. The molecule has 3 nitrogen and oxygen atoms in total. The summed E-state index contributed by atoms with van der Waals surface area (Å²) < 4.78 is 1.20. The van der Waals surface area contributed by atoms with Gasteiger partial charge >= 0.3 is 0 Å². The van der Waals surface area contributed by atoms with Gasteiger partial charge < -0.3 is 4.90 Å². The number of hydrazine groups is 1. The van der Waals surface area contributed by atoms with Gasteiger partial charge in [-0.25, -0.2) is 0 Å². The zero-order valence-corrected chi connectivity index (χ0v) is 13.1. The Morgan fingerprint density at radius 1 is 1.71 bits per heavy atom. The molecule has 1 fully saturated rings. The number of hydrogen-bond donors (Lipinski definition) is 2. The van der Waals surface area contributed by atoms with Gasteiger partial charge in [0.15, 0.2) is 0 Å². The van der Waals surface area contributed by atoms with Gasteiger partial charge in [0.05, 0.1) is 0 Å². The van der Waals surface area contributed by atoms with Crippen molar-refractivity contribution in [3.63, 3.8) is 0 Å².